The van der Waals surface area contributed by atoms with E-state index in [0.717, 1.165) is 55.7 Å². The van der Waals surface area contributed by atoms with E-state index in [-0.39, 0.29) is 24.7 Å². The smallest absolute Gasteiger partial charge is 0.222 e. The van der Waals surface area contributed by atoms with Crippen LogP contribution in [0.1, 0.15) is 44.1 Å². The molecule has 1 amide bonds. The van der Waals surface area contributed by atoms with E-state index in [0.29, 0.717) is 12.8 Å². The van der Waals surface area contributed by atoms with Gasteiger partial charge in [-0.15, -0.1) is 0 Å². The maximum atomic E-state index is 12.1. The van der Waals surface area contributed by atoms with Crippen LogP contribution in [-0.4, -0.2) is 57.8 Å². The SMILES string of the molecule is O=C1CC[C@H](CC[C@@H](O)Cc2ccccc2)N1CCSCCCCO. The number of hydrogen-bond acceptors (Lipinski definition) is 4. The molecule has 0 spiro atoms. The summed E-state index contributed by atoms with van der Waals surface area (Å²) >= 11 is 1.86. The van der Waals surface area contributed by atoms with Crippen LogP contribution in [0.3, 0.4) is 0 Å². The summed E-state index contributed by atoms with van der Waals surface area (Å²) in [5.41, 5.74) is 1.16. The van der Waals surface area contributed by atoms with Crippen LogP contribution in [0.25, 0.3) is 0 Å². The molecule has 0 aromatic heterocycles. The zero-order valence-electron chi connectivity index (χ0n) is 15.0. The lowest BCUT2D eigenvalue weighted by molar-refractivity contribution is -0.128. The van der Waals surface area contributed by atoms with Gasteiger partial charge in [-0.3, -0.25) is 4.79 Å². The first kappa shape index (κ1) is 20.3. The van der Waals surface area contributed by atoms with Gasteiger partial charge in [0, 0.05) is 31.4 Å². The van der Waals surface area contributed by atoms with Crippen LogP contribution in [0.15, 0.2) is 30.3 Å². The number of benzene rings is 1. The molecule has 1 saturated heterocycles. The van der Waals surface area contributed by atoms with Crippen molar-refractivity contribution in [1.29, 1.82) is 0 Å². The predicted molar refractivity (Wildman–Crippen MR) is 104 cm³/mol. The highest BCUT2D eigenvalue weighted by molar-refractivity contribution is 7.99. The molecular weight excluding hydrogens is 334 g/mol. The number of unbranched alkanes of at least 4 members (excludes halogenated alkanes) is 1. The highest BCUT2D eigenvalue weighted by atomic mass is 32.2. The second kappa shape index (κ2) is 11.6. The van der Waals surface area contributed by atoms with Gasteiger partial charge >= 0.3 is 0 Å². The molecule has 2 atom stereocenters. The molecule has 0 radical (unpaired) electrons. The molecular formula is C20H31NO3S. The highest BCUT2D eigenvalue weighted by Gasteiger charge is 2.30. The fourth-order valence-corrected chi connectivity index (χ4v) is 4.29. The van der Waals surface area contributed by atoms with Crippen molar-refractivity contribution in [2.75, 3.05) is 24.7 Å². The molecule has 1 aliphatic rings. The van der Waals surface area contributed by atoms with E-state index in [2.05, 4.69) is 0 Å². The second-order valence-corrected chi connectivity index (χ2v) is 7.97. The number of aliphatic hydroxyl groups is 2. The van der Waals surface area contributed by atoms with Crippen LogP contribution >= 0.6 is 11.8 Å². The number of thioether (sulfide) groups is 1. The van der Waals surface area contributed by atoms with Crippen molar-refractivity contribution in [3.8, 4) is 0 Å². The van der Waals surface area contributed by atoms with Crippen molar-refractivity contribution in [3.63, 3.8) is 0 Å². The monoisotopic (exact) mass is 365 g/mol. The quantitative estimate of drug-likeness (QED) is 0.559. The van der Waals surface area contributed by atoms with Gasteiger partial charge in [-0.2, -0.15) is 11.8 Å². The Morgan fingerprint density at radius 2 is 2.00 bits per heavy atom. The Labute approximate surface area is 155 Å². The third kappa shape index (κ3) is 7.38. The maximum absolute atomic E-state index is 12.1. The van der Waals surface area contributed by atoms with E-state index in [9.17, 15) is 9.90 Å². The molecule has 0 saturated carbocycles. The van der Waals surface area contributed by atoms with Gasteiger partial charge in [0.05, 0.1) is 6.10 Å². The highest BCUT2D eigenvalue weighted by Crippen LogP contribution is 2.24. The first-order valence-corrected chi connectivity index (χ1v) is 10.6. The number of rotatable bonds is 12. The van der Waals surface area contributed by atoms with Crippen LogP contribution in [0, 0.1) is 0 Å². The predicted octanol–water partition coefficient (Wildman–Crippen LogP) is 2.87. The number of nitrogens with zero attached hydrogens (tertiary/aromatic N) is 1. The summed E-state index contributed by atoms with van der Waals surface area (Å²) in [6, 6.07) is 10.4. The molecule has 1 fully saturated rings. The molecule has 25 heavy (non-hydrogen) atoms. The minimum absolute atomic E-state index is 0.262. The van der Waals surface area contributed by atoms with Gasteiger partial charge in [0.1, 0.15) is 0 Å². The van der Waals surface area contributed by atoms with Gasteiger partial charge in [0.2, 0.25) is 5.91 Å². The van der Waals surface area contributed by atoms with Gasteiger partial charge in [0.15, 0.2) is 0 Å². The maximum Gasteiger partial charge on any atom is 0.222 e. The van der Waals surface area contributed by atoms with Gasteiger partial charge in [-0.1, -0.05) is 30.3 Å². The third-order valence-corrected chi connectivity index (χ3v) is 5.82. The minimum Gasteiger partial charge on any atom is -0.396 e. The van der Waals surface area contributed by atoms with E-state index < -0.39 is 0 Å². The zero-order chi connectivity index (χ0) is 17.9. The van der Waals surface area contributed by atoms with Gasteiger partial charge < -0.3 is 15.1 Å². The molecule has 5 heteroatoms. The first-order chi connectivity index (χ1) is 12.2. The molecule has 1 heterocycles. The summed E-state index contributed by atoms with van der Waals surface area (Å²) in [7, 11) is 0. The molecule has 1 aromatic rings. The molecule has 1 aliphatic heterocycles. The zero-order valence-corrected chi connectivity index (χ0v) is 15.8. The minimum atomic E-state index is -0.340. The number of hydrogen-bond donors (Lipinski definition) is 2. The summed E-state index contributed by atoms with van der Waals surface area (Å²) < 4.78 is 0. The fraction of sp³-hybridized carbons (Fsp3) is 0.650. The van der Waals surface area contributed by atoms with Crippen molar-refractivity contribution < 1.29 is 15.0 Å². The summed E-state index contributed by atoms with van der Waals surface area (Å²) in [6.45, 7) is 1.07. The average molecular weight is 366 g/mol. The number of carbonyl (C=O) groups excluding carboxylic acids is 1. The van der Waals surface area contributed by atoms with Crippen molar-refractivity contribution in [1.82, 2.24) is 4.90 Å². The van der Waals surface area contributed by atoms with Crippen LogP contribution in [0.5, 0.6) is 0 Å². The molecule has 2 N–H and O–H groups in total. The molecule has 4 nitrogen and oxygen atoms in total. The van der Waals surface area contributed by atoms with E-state index in [1.807, 2.05) is 47.0 Å². The summed E-state index contributed by atoms with van der Waals surface area (Å²) in [5.74, 6) is 2.27. The van der Waals surface area contributed by atoms with Crippen molar-refractivity contribution in [3.05, 3.63) is 35.9 Å². The standard InChI is InChI=1S/C20H31NO3S/c22-13-4-5-14-25-15-12-21-18(9-11-20(21)24)8-10-19(23)16-17-6-2-1-3-7-17/h1-3,6-7,18-19,22-23H,4-5,8-16H2/t18-,19+/m0/s1. The summed E-state index contributed by atoms with van der Waals surface area (Å²) in [6.07, 6.45) is 5.43. The number of amides is 1. The van der Waals surface area contributed by atoms with E-state index in [1.165, 1.54) is 0 Å². The average Bonchev–Trinajstić information content (AvgIpc) is 2.97. The van der Waals surface area contributed by atoms with Crippen molar-refractivity contribution in [2.24, 2.45) is 0 Å². The normalized spacial score (nSPS) is 18.7. The lowest BCUT2D eigenvalue weighted by Crippen LogP contribution is -2.35. The molecule has 0 bridgehead atoms. The Morgan fingerprint density at radius 3 is 2.76 bits per heavy atom. The van der Waals surface area contributed by atoms with E-state index >= 15 is 0 Å². The Hall–Kier alpha value is -1.04. The fourth-order valence-electron chi connectivity index (χ4n) is 3.35. The number of aliphatic hydroxyl groups excluding tert-OH is 2. The Morgan fingerprint density at radius 1 is 1.20 bits per heavy atom. The Balaban J connectivity index is 1.67. The molecule has 0 aliphatic carbocycles. The van der Waals surface area contributed by atoms with Crippen molar-refractivity contribution in [2.45, 2.75) is 57.1 Å². The Bertz CT molecular complexity index is 497. The molecule has 1 aromatic carbocycles. The van der Waals surface area contributed by atoms with E-state index in [1.54, 1.807) is 0 Å². The van der Waals surface area contributed by atoms with Crippen LogP contribution in [-0.2, 0) is 11.2 Å². The van der Waals surface area contributed by atoms with Crippen molar-refractivity contribution >= 4 is 17.7 Å². The molecule has 0 unspecified atom stereocenters. The third-order valence-electron chi connectivity index (χ3n) is 4.77. The first-order valence-electron chi connectivity index (χ1n) is 9.40. The van der Waals surface area contributed by atoms with Crippen LogP contribution in [0.4, 0.5) is 0 Å². The summed E-state index contributed by atoms with van der Waals surface area (Å²) in [4.78, 5) is 14.1. The molecule has 140 valence electrons. The lowest BCUT2D eigenvalue weighted by Gasteiger charge is -2.25. The van der Waals surface area contributed by atoms with Crippen LogP contribution in [0.2, 0.25) is 0 Å². The largest absolute Gasteiger partial charge is 0.396 e. The van der Waals surface area contributed by atoms with E-state index in [4.69, 9.17) is 5.11 Å². The van der Waals surface area contributed by atoms with Gasteiger partial charge in [-0.25, -0.2) is 0 Å². The lowest BCUT2D eigenvalue weighted by atomic mass is 10.0. The second-order valence-electron chi connectivity index (χ2n) is 6.74. The van der Waals surface area contributed by atoms with Crippen LogP contribution < -0.4 is 0 Å². The molecule has 2 rings (SSSR count). The topological polar surface area (TPSA) is 60.8 Å². The van der Waals surface area contributed by atoms with Gasteiger partial charge in [0.25, 0.3) is 0 Å². The Kier molecular flexibility index (Phi) is 9.37. The van der Waals surface area contributed by atoms with Gasteiger partial charge in [-0.05, 0) is 49.8 Å². The number of carbonyl (C=O) groups is 1. The summed E-state index contributed by atoms with van der Waals surface area (Å²) in [5, 5.41) is 19.1. The number of likely N-dealkylation sites (tertiary alicyclic amines) is 1.